The molecule has 9 heteroatoms. The Bertz CT molecular complexity index is 977. The van der Waals surface area contributed by atoms with E-state index in [1.165, 1.54) is 0 Å². The van der Waals surface area contributed by atoms with Crippen molar-refractivity contribution in [2.75, 3.05) is 27.4 Å². The van der Waals surface area contributed by atoms with Crippen LogP contribution in [0.3, 0.4) is 0 Å². The van der Waals surface area contributed by atoms with Crippen LogP contribution < -0.4 is 14.2 Å². The molecule has 1 N–H and O–H groups in total. The number of amides is 1. The van der Waals surface area contributed by atoms with E-state index in [9.17, 15) is 18.7 Å². The van der Waals surface area contributed by atoms with Gasteiger partial charge in [0.2, 0.25) is 0 Å². The molecule has 0 fully saturated rings. The zero-order valence-corrected chi connectivity index (χ0v) is 21.0. The highest BCUT2D eigenvalue weighted by atomic mass is 19.2. The van der Waals surface area contributed by atoms with Crippen LogP contribution in [-0.4, -0.2) is 49.1 Å². The first-order chi connectivity index (χ1) is 16.6. The average molecular weight is 496 g/mol. The number of carbonyl (C=O) groups is 1. The lowest BCUT2D eigenvalue weighted by molar-refractivity contribution is 0.0229. The van der Waals surface area contributed by atoms with E-state index in [1.807, 2.05) is 26.8 Å². The molecule has 2 aromatic rings. The fourth-order valence-corrected chi connectivity index (χ4v) is 3.34. The molecule has 0 aliphatic heterocycles. The second-order valence-electron chi connectivity index (χ2n) is 9.02. The first kappa shape index (κ1) is 28.2. The Morgan fingerprint density at radius 3 is 2.29 bits per heavy atom. The Hall–Kier alpha value is -3.07. The summed E-state index contributed by atoms with van der Waals surface area (Å²) < 4.78 is 48.6. The number of aliphatic hydroxyl groups excluding tert-OH is 1. The predicted octanol–water partition coefficient (Wildman–Crippen LogP) is 5.46. The molecule has 0 atom stereocenters. The van der Waals surface area contributed by atoms with E-state index < -0.39 is 29.9 Å². The van der Waals surface area contributed by atoms with Gasteiger partial charge in [-0.25, -0.2) is 13.6 Å². The van der Waals surface area contributed by atoms with Crippen molar-refractivity contribution in [2.45, 2.75) is 58.8 Å². The molecule has 2 aromatic carbocycles. The van der Waals surface area contributed by atoms with Crippen LogP contribution >= 0.6 is 0 Å². The van der Waals surface area contributed by atoms with Gasteiger partial charge in [0.25, 0.3) is 0 Å². The number of benzene rings is 2. The van der Waals surface area contributed by atoms with E-state index in [0.717, 1.165) is 24.1 Å². The summed E-state index contributed by atoms with van der Waals surface area (Å²) in [6.45, 7) is 5.99. The van der Waals surface area contributed by atoms with Gasteiger partial charge in [-0.05, 0) is 58.2 Å². The smallest absolute Gasteiger partial charge is 0.410 e. The molecule has 0 saturated carbocycles. The highest BCUT2D eigenvalue weighted by molar-refractivity contribution is 5.68. The van der Waals surface area contributed by atoms with Crippen molar-refractivity contribution in [3.63, 3.8) is 0 Å². The number of hydrogen-bond acceptors (Lipinski definition) is 6. The van der Waals surface area contributed by atoms with Gasteiger partial charge in [-0.15, -0.1) is 0 Å². The van der Waals surface area contributed by atoms with Crippen molar-refractivity contribution in [1.29, 1.82) is 0 Å². The first-order valence-corrected chi connectivity index (χ1v) is 11.5. The van der Waals surface area contributed by atoms with Crippen LogP contribution in [0.15, 0.2) is 30.3 Å². The maximum Gasteiger partial charge on any atom is 0.410 e. The molecule has 194 valence electrons. The van der Waals surface area contributed by atoms with Gasteiger partial charge in [0.1, 0.15) is 22.8 Å². The van der Waals surface area contributed by atoms with Crippen molar-refractivity contribution < 1.29 is 37.6 Å². The van der Waals surface area contributed by atoms with Gasteiger partial charge in [0.15, 0.2) is 11.6 Å². The summed E-state index contributed by atoms with van der Waals surface area (Å²) in [4.78, 5) is 14.5. The molecule has 0 aliphatic carbocycles. The van der Waals surface area contributed by atoms with Crippen LogP contribution in [-0.2, 0) is 17.9 Å². The molecule has 0 unspecified atom stereocenters. The van der Waals surface area contributed by atoms with E-state index in [-0.39, 0.29) is 17.9 Å². The normalized spacial score (nSPS) is 11.2. The van der Waals surface area contributed by atoms with Crippen LogP contribution in [0.2, 0.25) is 0 Å². The summed E-state index contributed by atoms with van der Waals surface area (Å²) >= 11 is 0. The fraction of sp³-hybridized carbons (Fsp3) is 0.500. The zero-order valence-electron chi connectivity index (χ0n) is 21.0. The SMILES string of the molecule is COc1ccc(CN(CCCCCOc2cc(F)c(F)cc2CO)C(=O)OC(C)(C)C)c(OC)c1. The number of ether oxygens (including phenoxy) is 4. The lowest BCUT2D eigenvalue weighted by Gasteiger charge is -2.28. The summed E-state index contributed by atoms with van der Waals surface area (Å²) in [7, 11) is 3.13. The molecule has 0 aliphatic rings. The van der Waals surface area contributed by atoms with E-state index >= 15 is 0 Å². The third-order valence-electron chi connectivity index (χ3n) is 5.11. The average Bonchev–Trinajstić information content (AvgIpc) is 2.81. The van der Waals surface area contributed by atoms with Crippen LogP contribution in [0, 0.1) is 11.6 Å². The summed E-state index contributed by atoms with van der Waals surface area (Å²) in [5.41, 5.74) is 0.368. The third-order valence-corrected chi connectivity index (χ3v) is 5.11. The van der Waals surface area contributed by atoms with Gasteiger partial charge in [0.05, 0.1) is 34.0 Å². The highest BCUT2D eigenvalue weighted by Gasteiger charge is 2.23. The highest BCUT2D eigenvalue weighted by Crippen LogP contribution is 2.27. The number of aliphatic hydroxyl groups is 1. The minimum absolute atomic E-state index is 0.119. The number of unbranched alkanes of at least 4 members (excludes halogenated alkanes) is 2. The lowest BCUT2D eigenvalue weighted by Crippen LogP contribution is -2.37. The number of halogens is 2. The van der Waals surface area contributed by atoms with Crippen molar-refractivity contribution in [1.82, 2.24) is 4.90 Å². The third kappa shape index (κ3) is 8.90. The van der Waals surface area contributed by atoms with Crippen LogP contribution in [0.1, 0.15) is 51.2 Å². The quantitative estimate of drug-likeness (QED) is 0.394. The van der Waals surface area contributed by atoms with Gasteiger partial charge < -0.3 is 29.0 Å². The molecule has 0 aromatic heterocycles. The molecular weight excluding hydrogens is 460 g/mol. The van der Waals surface area contributed by atoms with Crippen molar-refractivity contribution >= 4 is 6.09 Å². The maximum absolute atomic E-state index is 13.5. The maximum atomic E-state index is 13.5. The number of hydrogen-bond donors (Lipinski definition) is 1. The molecular formula is C26H35F2NO6. The summed E-state index contributed by atoms with van der Waals surface area (Å²) in [6.07, 6.45) is 1.59. The molecule has 0 heterocycles. The van der Waals surface area contributed by atoms with Gasteiger partial charge in [-0.1, -0.05) is 0 Å². The summed E-state index contributed by atoms with van der Waals surface area (Å²) in [6, 6.07) is 7.29. The predicted molar refractivity (Wildman–Crippen MR) is 128 cm³/mol. The molecule has 2 rings (SSSR count). The summed E-state index contributed by atoms with van der Waals surface area (Å²) in [5.74, 6) is -0.679. The fourth-order valence-electron chi connectivity index (χ4n) is 3.34. The number of carbonyl (C=O) groups excluding carboxylic acids is 1. The van der Waals surface area contributed by atoms with E-state index in [2.05, 4.69) is 0 Å². The Balaban J connectivity index is 1.96. The van der Waals surface area contributed by atoms with Gasteiger partial charge in [-0.3, -0.25) is 0 Å². The van der Waals surface area contributed by atoms with Gasteiger partial charge in [0, 0.05) is 29.8 Å². The molecule has 0 radical (unpaired) electrons. The van der Waals surface area contributed by atoms with E-state index in [0.29, 0.717) is 37.4 Å². The second kappa shape index (κ2) is 13.1. The first-order valence-electron chi connectivity index (χ1n) is 11.5. The van der Waals surface area contributed by atoms with Crippen molar-refractivity contribution in [2.24, 2.45) is 0 Å². The molecule has 35 heavy (non-hydrogen) atoms. The minimum atomic E-state index is -1.03. The van der Waals surface area contributed by atoms with E-state index in [4.69, 9.17) is 18.9 Å². The number of nitrogens with zero attached hydrogens (tertiary/aromatic N) is 1. The zero-order chi connectivity index (χ0) is 26.0. The molecule has 1 amide bonds. The number of methoxy groups -OCH3 is 2. The van der Waals surface area contributed by atoms with Crippen LogP contribution in [0.5, 0.6) is 17.2 Å². The van der Waals surface area contributed by atoms with Crippen LogP contribution in [0.4, 0.5) is 13.6 Å². The largest absolute Gasteiger partial charge is 0.497 e. The Labute approximate surface area is 205 Å². The van der Waals surface area contributed by atoms with Crippen molar-refractivity contribution in [3.05, 3.63) is 53.1 Å². The van der Waals surface area contributed by atoms with Gasteiger partial charge >= 0.3 is 6.09 Å². The Morgan fingerprint density at radius 1 is 0.943 bits per heavy atom. The topological polar surface area (TPSA) is 77.5 Å². The Kier molecular flexibility index (Phi) is 10.6. The van der Waals surface area contributed by atoms with Crippen molar-refractivity contribution in [3.8, 4) is 17.2 Å². The molecule has 0 saturated heterocycles. The summed E-state index contributed by atoms with van der Waals surface area (Å²) in [5, 5.41) is 9.32. The molecule has 0 bridgehead atoms. The standard InChI is InChI=1S/C26H35F2NO6/c1-26(2,3)35-25(31)29(16-18-9-10-20(32-4)14-23(18)33-5)11-7-6-8-12-34-24-15-22(28)21(27)13-19(24)17-30/h9-10,13-15,30H,6-8,11-12,16-17H2,1-5H3. The van der Waals surface area contributed by atoms with E-state index in [1.54, 1.807) is 31.3 Å². The molecule has 0 spiro atoms. The molecule has 7 nitrogen and oxygen atoms in total. The van der Waals surface area contributed by atoms with Gasteiger partial charge in [-0.2, -0.15) is 0 Å². The monoisotopic (exact) mass is 495 g/mol. The minimum Gasteiger partial charge on any atom is -0.497 e. The number of rotatable bonds is 12. The lowest BCUT2D eigenvalue weighted by atomic mass is 10.1. The van der Waals surface area contributed by atoms with Crippen LogP contribution in [0.25, 0.3) is 0 Å². The Morgan fingerprint density at radius 2 is 1.66 bits per heavy atom. The second-order valence-corrected chi connectivity index (χ2v) is 9.02.